The lowest BCUT2D eigenvalue weighted by Crippen LogP contribution is -2.27. The third-order valence-corrected chi connectivity index (χ3v) is 14.6. The van der Waals surface area contributed by atoms with Gasteiger partial charge in [-0.15, -0.1) is 0 Å². The van der Waals surface area contributed by atoms with Gasteiger partial charge in [-0.05, 0) is 79.6 Å². The summed E-state index contributed by atoms with van der Waals surface area (Å²) in [5.74, 6) is 0.491. The van der Waals surface area contributed by atoms with Crippen LogP contribution in [-0.2, 0) is 16.8 Å². The zero-order valence-electron chi connectivity index (χ0n) is 32.6. The Balaban J connectivity index is 1.27. The fraction of sp³-hybridized carbons (Fsp3) is 0.319. The van der Waals surface area contributed by atoms with E-state index in [0.29, 0.717) is 17.7 Å². The van der Waals surface area contributed by atoms with Gasteiger partial charge in [0.05, 0.1) is 18.7 Å². The van der Waals surface area contributed by atoms with Crippen molar-refractivity contribution in [3.8, 4) is 11.5 Å². The van der Waals surface area contributed by atoms with E-state index in [4.69, 9.17) is 14.7 Å². The van der Waals surface area contributed by atoms with E-state index in [1.54, 1.807) is 0 Å². The van der Waals surface area contributed by atoms with Crippen LogP contribution in [0, 0.1) is 13.8 Å². The largest absolute Gasteiger partial charge is 0.507 e. The highest BCUT2D eigenvalue weighted by Crippen LogP contribution is 2.49. The average molecular weight is 741 g/mol. The topological polar surface area (TPSA) is 77.4 Å². The van der Waals surface area contributed by atoms with Gasteiger partial charge in [0.1, 0.15) is 24.9 Å². The lowest BCUT2D eigenvalue weighted by Gasteiger charge is -2.26. The third-order valence-electron chi connectivity index (χ3n) is 10.5. The lowest BCUT2D eigenvalue weighted by atomic mass is 9.84. The summed E-state index contributed by atoms with van der Waals surface area (Å²) < 4.78 is 9.13. The number of aliphatic imine (C=N–C) groups is 2. The minimum absolute atomic E-state index is 0.00239. The van der Waals surface area contributed by atoms with Crippen molar-refractivity contribution in [2.24, 2.45) is 9.98 Å². The molecule has 5 aromatic carbocycles. The summed E-state index contributed by atoms with van der Waals surface area (Å²) in [5.41, 5.74) is 6.16. The molecule has 7 heteroatoms. The maximum absolute atomic E-state index is 11.6. The summed E-state index contributed by atoms with van der Waals surface area (Å²) >= 11 is 0. The number of hydrogen-bond acceptors (Lipinski definition) is 5. The van der Waals surface area contributed by atoms with E-state index < -0.39 is 7.05 Å². The monoisotopic (exact) mass is 740 g/mol. The molecule has 0 radical (unpaired) electrons. The van der Waals surface area contributed by atoms with Crippen LogP contribution in [0.25, 0.3) is 0 Å². The maximum Gasteiger partial charge on any atom is 0.200 e. The predicted molar refractivity (Wildman–Crippen MR) is 227 cm³/mol. The first-order valence-electron chi connectivity index (χ1n) is 19.1. The van der Waals surface area contributed by atoms with E-state index in [9.17, 15) is 10.2 Å². The Labute approximate surface area is 322 Å². The number of phenolic OH excluding ortho intramolecular Hbond substituents is 2. The van der Waals surface area contributed by atoms with E-state index >= 15 is 0 Å². The number of aromatic hydroxyl groups is 2. The van der Waals surface area contributed by atoms with Crippen molar-refractivity contribution in [1.29, 1.82) is 0 Å². The minimum atomic E-state index is -2.30. The average Bonchev–Trinajstić information content (AvgIpc) is 3.18. The summed E-state index contributed by atoms with van der Waals surface area (Å²) in [6, 6.07) is 39.8. The molecule has 54 heavy (non-hydrogen) atoms. The summed E-state index contributed by atoms with van der Waals surface area (Å²) in [6.45, 7) is 10.7. The summed E-state index contributed by atoms with van der Waals surface area (Å²) in [5, 5.41) is 25.2. The van der Waals surface area contributed by atoms with Crippen LogP contribution in [0.1, 0.15) is 79.8 Å². The number of ether oxygens (including phenoxy) is 1. The highest BCUT2D eigenvalue weighted by molar-refractivity contribution is 7.78. The molecule has 280 valence electrons. The van der Waals surface area contributed by atoms with Crippen LogP contribution in [0.3, 0.4) is 0 Å². The van der Waals surface area contributed by atoms with E-state index in [-0.39, 0.29) is 29.9 Å². The maximum atomic E-state index is 11.6. The van der Waals surface area contributed by atoms with Crippen molar-refractivity contribution in [3.63, 3.8) is 0 Å². The van der Waals surface area contributed by atoms with Gasteiger partial charge in [-0.3, -0.25) is 9.98 Å². The van der Waals surface area contributed by atoms with Gasteiger partial charge in [-0.1, -0.05) is 100 Å². The second kappa shape index (κ2) is 17.1. The molecule has 1 fully saturated rings. The van der Waals surface area contributed by atoms with Crippen LogP contribution < -0.4 is 10.6 Å². The molecule has 1 saturated carbocycles. The molecule has 0 aliphatic heterocycles. The third kappa shape index (κ3) is 8.78. The normalized spacial score (nSPS) is 16.6. The van der Waals surface area contributed by atoms with E-state index in [0.717, 1.165) is 59.2 Å². The van der Waals surface area contributed by atoms with E-state index in [1.807, 2.05) is 43.6 Å². The Kier molecular flexibility index (Phi) is 12.4. The quantitative estimate of drug-likeness (QED) is 0.105. The molecule has 2 atom stereocenters. The summed E-state index contributed by atoms with van der Waals surface area (Å²) in [4.78, 5) is 10.0. The lowest BCUT2D eigenvalue weighted by molar-refractivity contribution is -0.382. The number of para-hydroxylation sites is 1. The Morgan fingerprint density at radius 3 is 1.70 bits per heavy atom. The number of phenols is 2. The molecule has 0 amide bonds. The molecule has 6 nitrogen and oxygen atoms in total. The van der Waals surface area contributed by atoms with Crippen molar-refractivity contribution in [2.75, 3.05) is 13.4 Å². The molecular weight excluding hydrogens is 686 g/mol. The van der Waals surface area contributed by atoms with Crippen LogP contribution in [0.5, 0.6) is 11.5 Å². The number of aryl methyl sites for hydroxylation is 2. The highest BCUT2D eigenvalue weighted by Gasteiger charge is 2.35. The second-order valence-electron chi connectivity index (χ2n) is 15.6. The number of rotatable bonds is 11. The molecule has 0 aromatic heterocycles. The van der Waals surface area contributed by atoms with Gasteiger partial charge in [-0.25, -0.2) is 4.33 Å². The van der Waals surface area contributed by atoms with Gasteiger partial charge in [0, 0.05) is 57.4 Å². The first-order valence-corrected chi connectivity index (χ1v) is 21.0. The number of hydrogen-bond donors (Lipinski definition) is 2. The predicted octanol–water partition coefficient (Wildman–Crippen LogP) is 10.2. The molecule has 0 bridgehead atoms. The molecular formula is C47H55N3O3P+. The van der Waals surface area contributed by atoms with Crippen LogP contribution >= 0.6 is 7.05 Å². The smallest absolute Gasteiger partial charge is 0.200 e. The first-order chi connectivity index (χ1) is 26.0. The number of benzene rings is 5. The van der Waals surface area contributed by atoms with Gasteiger partial charge < -0.3 is 14.9 Å². The summed E-state index contributed by atoms with van der Waals surface area (Å²) in [6.07, 6.45) is 8.14. The van der Waals surface area contributed by atoms with Gasteiger partial charge >= 0.3 is 0 Å². The molecule has 6 rings (SSSR count). The Morgan fingerprint density at radius 1 is 0.704 bits per heavy atom. The number of nitrogens with zero attached hydrogens (tertiary/aromatic N) is 3. The fourth-order valence-corrected chi connectivity index (χ4v) is 11.2. The van der Waals surface area contributed by atoms with Crippen molar-refractivity contribution < 1.29 is 19.3 Å². The van der Waals surface area contributed by atoms with Crippen LogP contribution in [0.4, 0.5) is 5.69 Å². The van der Waals surface area contributed by atoms with Crippen LogP contribution in [-0.4, -0.2) is 52.4 Å². The zero-order valence-corrected chi connectivity index (χ0v) is 33.5. The Hall–Kier alpha value is -4.77. The van der Waals surface area contributed by atoms with Crippen molar-refractivity contribution in [2.45, 2.75) is 84.4 Å². The Morgan fingerprint density at radius 2 is 1.19 bits per heavy atom. The molecule has 5 aromatic rings. The molecule has 0 saturated heterocycles. The highest BCUT2D eigenvalue weighted by atomic mass is 31.2. The van der Waals surface area contributed by atoms with E-state index in [2.05, 4.69) is 130 Å². The molecule has 2 N–H and O–H groups in total. The minimum Gasteiger partial charge on any atom is -0.507 e. The van der Waals surface area contributed by atoms with Gasteiger partial charge in [0.2, 0.25) is 5.69 Å². The molecule has 0 spiro atoms. The van der Waals surface area contributed by atoms with Crippen LogP contribution in [0.2, 0.25) is 0 Å². The van der Waals surface area contributed by atoms with Gasteiger partial charge in [0.15, 0.2) is 7.05 Å². The molecule has 0 heterocycles. The standard InChI is InChI=1S/C47H54N3O3P/c1-34-26-36(30-48-43-24-16-17-25-44(43)49-31-37-27-35(2)29-42(46(37)52)47(3,4)5)45(51)38(28-34)32-53-33-54(40-20-12-8-13-21-40,41-22-14-9-15-23-41)50(6)39-18-10-7-11-19-39/h7-15,18-23,26-31,43-44H,16-17,24-25,32-33H2,1-6H3,(H-,48,49,51,52)/p+1. The van der Waals surface area contributed by atoms with Crippen LogP contribution in [0.15, 0.2) is 125 Å². The van der Waals surface area contributed by atoms with Gasteiger partial charge in [0.25, 0.3) is 0 Å². The SMILES string of the molecule is Cc1cc(C=NC2CCCCC2N=Cc2cc(C)cc(C(C)(C)C)c2O)c(O)c(COCP(c2ccccc2)(c2ccccc2)=[N+](C)c2ccccc2)c1. The van der Waals surface area contributed by atoms with Gasteiger partial charge in [-0.2, -0.15) is 0 Å². The first kappa shape index (κ1) is 38.9. The summed E-state index contributed by atoms with van der Waals surface area (Å²) in [7, 11) is -0.133. The Bertz CT molecular complexity index is 2110. The molecule has 1 aliphatic carbocycles. The second-order valence-corrected chi connectivity index (χ2v) is 19.0. The molecule has 1 aliphatic rings. The van der Waals surface area contributed by atoms with Crippen molar-refractivity contribution in [3.05, 3.63) is 149 Å². The van der Waals surface area contributed by atoms with Crippen molar-refractivity contribution >= 4 is 35.8 Å². The molecule has 2 unspecified atom stereocenters. The van der Waals surface area contributed by atoms with E-state index in [1.165, 1.54) is 10.6 Å². The fourth-order valence-electron chi connectivity index (χ4n) is 7.57. The zero-order chi connectivity index (χ0) is 38.3. The van der Waals surface area contributed by atoms with Crippen molar-refractivity contribution in [1.82, 2.24) is 0 Å².